The largest absolute Gasteiger partial charge is 0.497 e. The van der Waals surface area contributed by atoms with Gasteiger partial charge in [-0.15, -0.1) is 11.8 Å². The fraction of sp³-hybridized carbons (Fsp3) is 0.368. The minimum Gasteiger partial charge on any atom is -0.497 e. The van der Waals surface area contributed by atoms with E-state index in [2.05, 4.69) is 239 Å². The molecule has 0 spiro atoms. The lowest BCUT2D eigenvalue weighted by Gasteiger charge is -2.57. The predicted octanol–water partition coefficient (Wildman–Crippen LogP) is 34.3. The maximum Gasteiger partial charge on any atom is 0.437 e. The normalized spacial score (nSPS) is 27.0. The van der Waals surface area contributed by atoms with Crippen LogP contribution in [0, 0.1) is 128 Å². The average molecular weight is 2030 g/mol. The van der Waals surface area contributed by atoms with Gasteiger partial charge in [0, 0.05) is 86.7 Å². The Morgan fingerprint density at radius 2 is 0.860 bits per heavy atom. The van der Waals surface area contributed by atoms with Crippen molar-refractivity contribution >= 4 is 58.4 Å². The van der Waals surface area contributed by atoms with Gasteiger partial charge in [0.25, 0.3) is 5.60 Å². The minimum absolute atomic E-state index is 0.0205. The monoisotopic (exact) mass is 2020 g/mol. The number of allylic oxidation sites excluding steroid dienone is 14. The molecule has 12 nitrogen and oxygen atoms in total. The van der Waals surface area contributed by atoms with Crippen LogP contribution in [0.5, 0.6) is 11.5 Å². The highest BCUT2D eigenvalue weighted by molar-refractivity contribution is 8.04. The number of halogens is 3. The van der Waals surface area contributed by atoms with Crippen LogP contribution in [0.25, 0.3) is 23.3 Å². The van der Waals surface area contributed by atoms with Crippen LogP contribution in [0.4, 0.5) is 35.9 Å². The van der Waals surface area contributed by atoms with Gasteiger partial charge in [0.15, 0.2) is 28.3 Å². The van der Waals surface area contributed by atoms with Gasteiger partial charge >= 0.3 is 6.18 Å². The van der Waals surface area contributed by atoms with E-state index in [0.717, 1.165) is 123 Å². The van der Waals surface area contributed by atoms with Gasteiger partial charge in [-0.3, -0.25) is 0 Å². The maximum absolute atomic E-state index is 15.7. The standard InChI is InChI=1S/C75H72N4O2S.C58H59F3N4O2S/c1-49-34-68-64(50(2)40-73(5,6)79(68)62-32-33-69(80-7)67(39-62)74-41-51-35-52(42-74)37-53(36-51)43-74)38-56(49)26-27-58-45-72(3,4)44-57(71(58)82-63-23-15-10-16-24-63)20-17-25-66-65(48-78)70(59(46-76)47-77)81-75(66,60-21-13-9-14-22-60)61-30-28-55(29-31-61)54-18-11-8-12-19-54;1-36-22-51-48(37(2)27-55(5,6)65(51)46-18-20-47(66-7)21-19-46)26-41(36)16-17-43-32-54(3,4)31-42(53(43)68-56-28-38-23-39(29-56)25-40(24-38)30-56)12-11-15-50-49(35-64)52(44(33-62)34-63)67-57(50,58(59,60)61)45-13-9-8-10-14-45/h8-34,38-39,50-53H,35-37,40-45H2,1-7H3;8-22,26,37-40H,23-25,27-32H2,1-7H3/b25-17+,27-26+,57-20+;15-11+,17-16+,42-12+. The summed E-state index contributed by atoms with van der Waals surface area (Å²) in [5, 5.41) is 61.7. The van der Waals surface area contributed by atoms with Crippen molar-refractivity contribution in [3.05, 3.63) is 394 Å². The molecule has 4 atom stereocenters. The molecule has 4 heterocycles. The number of nitriles is 6. The molecule has 8 saturated carbocycles. The smallest absolute Gasteiger partial charge is 0.437 e. The van der Waals surface area contributed by atoms with Crippen LogP contribution < -0.4 is 19.3 Å². The van der Waals surface area contributed by atoms with Gasteiger partial charge in [-0.2, -0.15) is 44.7 Å². The summed E-state index contributed by atoms with van der Waals surface area (Å²) in [6, 6.07) is 82.6. The molecule has 0 saturated heterocycles. The lowest BCUT2D eigenvalue weighted by Crippen LogP contribution is -2.49. The Hall–Kier alpha value is -13.9. The molecule has 4 unspecified atom stereocenters. The Morgan fingerprint density at radius 1 is 0.433 bits per heavy atom. The Morgan fingerprint density at radius 3 is 1.34 bits per heavy atom. The first-order valence-corrected chi connectivity index (χ1v) is 54.9. The molecule has 23 rings (SSSR count). The molecule has 0 N–H and O–H groups in total. The number of methoxy groups -OCH3 is 2. The third-order valence-corrected chi connectivity index (χ3v) is 37.2. The van der Waals surface area contributed by atoms with E-state index in [0.29, 0.717) is 23.8 Å². The molecule has 8 fully saturated rings. The number of hydrogen-bond donors (Lipinski definition) is 0. The molecule has 14 aliphatic rings. The first-order chi connectivity index (χ1) is 72.0. The molecule has 9 aromatic rings. The highest BCUT2D eigenvalue weighted by Gasteiger charge is 2.66. The molecular formula is C133H131F3N8O4S2. The van der Waals surface area contributed by atoms with Gasteiger partial charge in [0.1, 0.15) is 59.1 Å². The third kappa shape index (κ3) is 19.5. The molecule has 17 heteroatoms. The van der Waals surface area contributed by atoms with E-state index in [1.54, 1.807) is 43.2 Å². The van der Waals surface area contributed by atoms with Crippen LogP contribution in [-0.2, 0) is 26.1 Å². The second-order valence-corrected chi connectivity index (χ2v) is 49.9. The predicted molar refractivity (Wildman–Crippen MR) is 597 cm³/mol. The molecule has 0 amide bonds. The summed E-state index contributed by atoms with van der Waals surface area (Å²) >= 11 is 3.81. The quantitative estimate of drug-likeness (QED) is 0.0618. The van der Waals surface area contributed by atoms with Crippen LogP contribution in [-0.4, -0.2) is 36.2 Å². The highest BCUT2D eigenvalue weighted by atomic mass is 32.2. The van der Waals surface area contributed by atoms with Crippen molar-refractivity contribution in [1.29, 1.82) is 31.6 Å². The molecule has 8 bridgehead atoms. The van der Waals surface area contributed by atoms with Gasteiger partial charge in [0.2, 0.25) is 0 Å². The zero-order valence-electron chi connectivity index (χ0n) is 88.5. The summed E-state index contributed by atoms with van der Waals surface area (Å²) in [5.74, 6) is 6.60. The van der Waals surface area contributed by atoms with Gasteiger partial charge in [-0.05, 0) is 366 Å². The van der Waals surface area contributed by atoms with E-state index < -0.39 is 39.9 Å². The number of nitrogens with zero attached hydrogens (tertiary/aromatic N) is 8. The minimum atomic E-state index is -5.07. The number of rotatable bonds is 21. The zero-order chi connectivity index (χ0) is 105. The maximum atomic E-state index is 15.7. The van der Waals surface area contributed by atoms with Crippen LogP contribution in [0.2, 0.25) is 0 Å². The van der Waals surface area contributed by atoms with Crippen LogP contribution in [0.1, 0.15) is 252 Å². The van der Waals surface area contributed by atoms with Gasteiger partial charge < -0.3 is 28.7 Å². The number of fused-ring (bicyclic) bond motifs is 2. The second-order valence-electron chi connectivity index (χ2n) is 47.3. The SMILES string of the molecule is COc1ccc(N2c3cc(C)c(/C=C/C4=C(SC56CC7CC(CC(C7)C5)C6)C(=C/C=C/C5=C(C#N)C(=C(C#N)C#N)OC5(c5ccccc5)C(F)(F)F)/CC(C)(C)C4)cc3C(C)CC2(C)C)cc1.COc1ccc(N2c3cc(C)c(/C=C/C4=C(Sc5ccccc5)C(=C/C=C/C5=C(C#N)C(=C(C#N)C#N)OC5(c5ccccc5)c5ccc(-c6ccccc6)cc5)/CC(C)(C)C4)cc3C(C)CC2(C)C)cc1C12CC3CC(CC(C3)C1)C2. The molecule has 150 heavy (non-hydrogen) atoms. The van der Waals surface area contributed by atoms with E-state index >= 15 is 13.2 Å². The van der Waals surface area contributed by atoms with Gasteiger partial charge in [-0.1, -0.05) is 248 Å². The van der Waals surface area contributed by atoms with Crippen molar-refractivity contribution in [2.45, 2.75) is 254 Å². The van der Waals surface area contributed by atoms with Gasteiger partial charge in [-0.25, -0.2) is 0 Å². The number of ether oxygens (including phenoxy) is 4. The van der Waals surface area contributed by atoms with E-state index in [-0.39, 0.29) is 54.5 Å². The van der Waals surface area contributed by atoms with E-state index in [9.17, 15) is 31.6 Å². The number of aryl methyl sites for hydroxylation is 2. The van der Waals surface area contributed by atoms with Crippen molar-refractivity contribution in [3.63, 3.8) is 0 Å². The van der Waals surface area contributed by atoms with Crippen molar-refractivity contribution in [2.75, 3.05) is 24.0 Å². The summed E-state index contributed by atoms with van der Waals surface area (Å²) in [6.45, 7) is 27.8. The number of thioether (sulfide) groups is 2. The van der Waals surface area contributed by atoms with Crippen LogP contribution in [0.15, 0.2) is 343 Å². The van der Waals surface area contributed by atoms with Crippen molar-refractivity contribution in [3.8, 4) is 59.0 Å². The second kappa shape index (κ2) is 40.8. The molecule has 10 aliphatic carbocycles. The average Bonchev–Trinajstić information content (AvgIpc) is 1.60. The Balaban J connectivity index is 0.000000185. The van der Waals surface area contributed by atoms with Crippen LogP contribution >= 0.6 is 23.5 Å². The Kier molecular flexibility index (Phi) is 28.1. The summed E-state index contributed by atoms with van der Waals surface area (Å²) < 4.78 is 71.6. The highest BCUT2D eigenvalue weighted by Crippen LogP contribution is 2.67. The summed E-state index contributed by atoms with van der Waals surface area (Å²) in [6.07, 6.45) is 36.2. The topological polar surface area (TPSA) is 186 Å². The third-order valence-electron chi connectivity index (χ3n) is 34.3. The molecule has 760 valence electrons. The van der Waals surface area contributed by atoms with E-state index in [1.807, 2.05) is 128 Å². The van der Waals surface area contributed by atoms with E-state index in [1.165, 1.54) is 184 Å². The summed E-state index contributed by atoms with van der Waals surface area (Å²) in [5.41, 5.74) is 16.0. The van der Waals surface area contributed by atoms with Crippen molar-refractivity contribution in [1.82, 2.24) is 0 Å². The molecule has 0 aromatic heterocycles. The number of benzene rings is 9. The summed E-state index contributed by atoms with van der Waals surface area (Å²) in [7, 11) is 3.55. The lowest BCUT2D eigenvalue weighted by molar-refractivity contribution is -0.249. The molecular weight excluding hydrogens is 1890 g/mol. The first-order valence-electron chi connectivity index (χ1n) is 53.3. The summed E-state index contributed by atoms with van der Waals surface area (Å²) in [4.78, 5) is 8.67. The lowest BCUT2D eigenvalue weighted by atomic mass is 9.48. The fourth-order valence-electron chi connectivity index (χ4n) is 28.9. The fourth-order valence-corrected chi connectivity index (χ4v) is 31.9. The zero-order valence-corrected chi connectivity index (χ0v) is 90.1. The Labute approximate surface area is 892 Å². The number of alkyl halides is 3. The van der Waals surface area contributed by atoms with Gasteiger partial charge in [0.05, 0.1) is 14.2 Å². The van der Waals surface area contributed by atoms with Crippen molar-refractivity contribution in [2.24, 2.45) is 46.3 Å². The first kappa shape index (κ1) is 103. The number of hydrogen-bond acceptors (Lipinski definition) is 14. The van der Waals surface area contributed by atoms with E-state index in [4.69, 9.17) is 18.9 Å². The van der Waals surface area contributed by atoms with Crippen LogP contribution in [0.3, 0.4) is 0 Å². The Bertz CT molecular complexity index is 7420. The molecule has 4 aliphatic heterocycles. The molecule has 9 aromatic carbocycles. The number of anilines is 4. The molecule has 0 radical (unpaired) electrons. The van der Waals surface area contributed by atoms with Crippen molar-refractivity contribution < 1.29 is 32.1 Å².